The van der Waals surface area contributed by atoms with Crippen LogP contribution in [0.1, 0.15) is 111 Å². The summed E-state index contributed by atoms with van der Waals surface area (Å²) in [5.74, 6) is 0.972. The van der Waals surface area contributed by atoms with E-state index in [0.717, 1.165) is 5.92 Å². The van der Waals surface area contributed by atoms with E-state index >= 15 is 0 Å². The van der Waals surface area contributed by atoms with Gasteiger partial charge in [-0.25, -0.2) is 0 Å². The lowest BCUT2D eigenvalue weighted by Gasteiger charge is -2.12. The Morgan fingerprint density at radius 3 is 1.90 bits per heavy atom. The topological polar surface area (TPSA) is 0 Å². The number of hydrogen-bond donors (Lipinski definition) is 0. The van der Waals surface area contributed by atoms with Crippen LogP contribution in [-0.2, 0) is 0 Å². The maximum absolute atomic E-state index is 2.44. The van der Waals surface area contributed by atoms with Crippen LogP contribution in [0.15, 0.2) is 12.2 Å². The zero-order chi connectivity index (χ0) is 14.9. The summed E-state index contributed by atoms with van der Waals surface area (Å²) >= 11 is 0. The molecular formula is C20H40. The highest BCUT2D eigenvalue weighted by Gasteiger charge is 2.04. The third-order valence-electron chi connectivity index (χ3n) is 4.43. The average molecular weight is 281 g/mol. The molecule has 0 N–H and O–H groups in total. The van der Waals surface area contributed by atoms with Crippen LogP contribution in [0.25, 0.3) is 0 Å². The molecule has 1 atom stereocenters. The minimum absolute atomic E-state index is 0.972. The van der Waals surface area contributed by atoms with Crippen molar-refractivity contribution in [1.82, 2.24) is 0 Å². The largest absolute Gasteiger partial charge is 0.0885 e. The second-order valence-electron chi connectivity index (χ2n) is 6.38. The maximum atomic E-state index is 2.44. The van der Waals surface area contributed by atoms with E-state index in [0.29, 0.717) is 0 Å². The molecule has 120 valence electrons. The SMILES string of the molecule is CCCCCCCCC=CCCC(CC)CCCCC. The van der Waals surface area contributed by atoms with E-state index in [-0.39, 0.29) is 0 Å². The molecular weight excluding hydrogens is 240 g/mol. The molecule has 0 aromatic rings. The van der Waals surface area contributed by atoms with Crippen LogP contribution >= 0.6 is 0 Å². The molecule has 0 aromatic carbocycles. The van der Waals surface area contributed by atoms with Gasteiger partial charge in [0.05, 0.1) is 0 Å². The molecule has 0 heteroatoms. The minimum atomic E-state index is 0.972. The van der Waals surface area contributed by atoms with Crippen molar-refractivity contribution in [2.24, 2.45) is 5.92 Å². The average Bonchev–Trinajstić information content (AvgIpc) is 2.47. The van der Waals surface area contributed by atoms with E-state index in [9.17, 15) is 0 Å². The summed E-state index contributed by atoms with van der Waals surface area (Å²) in [7, 11) is 0. The molecule has 0 radical (unpaired) electrons. The van der Waals surface area contributed by atoms with Crippen molar-refractivity contribution < 1.29 is 0 Å². The van der Waals surface area contributed by atoms with Gasteiger partial charge in [0, 0.05) is 0 Å². The fraction of sp³-hybridized carbons (Fsp3) is 0.900. The first-order valence-corrected chi connectivity index (χ1v) is 9.50. The van der Waals surface area contributed by atoms with E-state index in [1.165, 1.54) is 89.9 Å². The summed E-state index contributed by atoms with van der Waals surface area (Å²) in [5.41, 5.74) is 0. The highest BCUT2D eigenvalue weighted by atomic mass is 14.1. The minimum Gasteiger partial charge on any atom is -0.0885 e. The van der Waals surface area contributed by atoms with Gasteiger partial charge in [-0.1, -0.05) is 97.1 Å². The number of hydrogen-bond acceptors (Lipinski definition) is 0. The zero-order valence-corrected chi connectivity index (χ0v) is 14.6. The first-order chi connectivity index (χ1) is 9.85. The second-order valence-corrected chi connectivity index (χ2v) is 6.38. The fourth-order valence-corrected chi connectivity index (χ4v) is 2.85. The van der Waals surface area contributed by atoms with Crippen molar-refractivity contribution in [1.29, 1.82) is 0 Å². The van der Waals surface area contributed by atoms with E-state index in [2.05, 4.69) is 32.9 Å². The van der Waals surface area contributed by atoms with Crippen LogP contribution in [0.5, 0.6) is 0 Å². The molecule has 0 aliphatic rings. The summed E-state index contributed by atoms with van der Waals surface area (Å²) in [6.45, 7) is 6.94. The molecule has 0 heterocycles. The Labute approximate surface area is 129 Å². The first-order valence-electron chi connectivity index (χ1n) is 9.50. The molecule has 0 aromatic heterocycles. The van der Waals surface area contributed by atoms with Crippen LogP contribution in [0.2, 0.25) is 0 Å². The lowest BCUT2D eigenvalue weighted by atomic mass is 9.94. The molecule has 0 saturated heterocycles. The Kier molecular flexibility index (Phi) is 16.6. The standard InChI is InChI=1S/C20H40/c1-4-7-9-10-11-12-13-14-15-17-19-20(6-3)18-16-8-5-2/h14-15,20H,4-13,16-19H2,1-3H3. The smallest absolute Gasteiger partial charge is 0.0348 e. The monoisotopic (exact) mass is 280 g/mol. The number of unbranched alkanes of at least 4 members (excludes halogenated alkanes) is 8. The van der Waals surface area contributed by atoms with Crippen LogP contribution in [-0.4, -0.2) is 0 Å². The van der Waals surface area contributed by atoms with E-state index in [4.69, 9.17) is 0 Å². The van der Waals surface area contributed by atoms with Crippen molar-refractivity contribution >= 4 is 0 Å². The van der Waals surface area contributed by atoms with Gasteiger partial charge in [-0.2, -0.15) is 0 Å². The summed E-state index contributed by atoms with van der Waals surface area (Å²) < 4.78 is 0. The van der Waals surface area contributed by atoms with Crippen molar-refractivity contribution in [2.45, 2.75) is 111 Å². The lowest BCUT2D eigenvalue weighted by molar-refractivity contribution is 0.419. The molecule has 0 aliphatic carbocycles. The van der Waals surface area contributed by atoms with Crippen molar-refractivity contribution in [3.05, 3.63) is 12.2 Å². The van der Waals surface area contributed by atoms with Gasteiger partial charge in [0.25, 0.3) is 0 Å². The van der Waals surface area contributed by atoms with Gasteiger partial charge in [-0.05, 0) is 31.6 Å². The van der Waals surface area contributed by atoms with Crippen molar-refractivity contribution in [2.75, 3.05) is 0 Å². The van der Waals surface area contributed by atoms with Gasteiger partial charge < -0.3 is 0 Å². The highest BCUT2D eigenvalue weighted by molar-refractivity contribution is 4.82. The Balaban J connectivity index is 3.35. The molecule has 0 aliphatic heterocycles. The van der Waals surface area contributed by atoms with Gasteiger partial charge in [-0.3, -0.25) is 0 Å². The predicted octanol–water partition coefficient (Wildman–Crippen LogP) is 7.68. The third-order valence-corrected chi connectivity index (χ3v) is 4.43. The van der Waals surface area contributed by atoms with Gasteiger partial charge in [-0.15, -0.1) is 0 Å². The Bertz CT molecular complexity index is 192. The summed E-state index contributed by atoms with van der Waals surface area (Å²) in [5, 5.41) is 0. The molecule has 0 saturated carbocycles. The quantitative estimate of drug-likeness (QED) is 0.213. The molecule has 0 rings (SSSR count). The van der Waals surface area contributed by atoms with Crippen LogP contribution < -0.4 is 0 Å². The van der Waals surface area contributed by atoms with Gasteiger partial charge >= 0.3 is 0 Å². The summed E-state index contributed by atoms with van der Waals surface area (Å²) in [6, 6.07) is 0. The van der Waals surface area contributed by atoms with Crippen LogP contribution in [0, 0.1) is 5.92 Å². The lowest BCUT2D eigenvalue weighted by Crippen LogP contribution is -1.98. The summed E-state index contributed by atoms with van der Waals surface area (Å²) in [4.78, 5) is 0. The van der Waals surface area contributed by atoms with Crippen LogP contribution in [0.4, 0.5) is 0 Å². The fourth-order valence-electron chi connectivity index (χ4n) is 2.85. The van der Waals surface area contributed by atoms with Crippen molar-refractivity contribution in [3.63, 3.8) is 0 Å². The Morgan fingerprint density at radius 1 is 0.600 bits per heavy atom. The predicted molar refractivity (Wildman–Crippen MR) is 94.3 cm³/mol. The number of rotatable bonds is 15. The molecule has 0 bridgehead atoms. The van der Waals surface area contributed by atoms with Gasteiger partial charge in [0.2, 0.25) is 0 Å². The van der Waals surface area contributed by atoms with E-state index in [1.54, 1.807) is 0 Å². The van der Waals surface area contributed by atoms with Gasteiger partial charge in [0.1, 0.15) is 0 Å². The first kappa shape index (κ1) is 19.7. The molecule has 20 heavy (non-hydrogen) atoms. The normalized spacial score (nSPS) is 13.2. The molecule has 0 spiro atoms. The Morgan fingerprint density at radius 2 is 1.20 bits per heavy atom. The molecule has 0 amide bonds. The second kappa shape index (κ2) is 16.8. The Hall–Kier alpha value is -0.260. The van der Waals surface area contributed by atoms with E-state index < -0.39 is 0 Å². The maximum Gasteiger partial charge on any atom is -0.0348 e. The molecule has 0 nitrogen and oxygen atoms in total. The number of allylic oxidation sites excluding steroid dienone is 2. The summed E-state index contributed by atoms with van der Waals surface area (Å²) in [6.07, 6.45) is 24.4. The third kappa shape index (κ3) is 14.2. The molecule has 1 unspecified atom stereocenters. The zero-order valence-electron chi connectivity index (χ0n) is 14.6. The molecule has 0 fully saturated rings. The van der Waals surface area contributed by atoms with Crippen molar-refractivity contribution in [3.8, 4) is 0 Å². The highest BCUT2D eigenvalue weighted by Crippen LogP contribution is 2.19. The van der Waals surface area contributed by atoms with Gasteiger partial charge in [0.15, 0.2) is 0 Å². The van der Waals surface area contributed by atoms with E-state index in [1.807, 2.05) is 0 Å². The van der Waals surface area contributed by atoms with Crippen LogP contribution in [0.3, 0.4) is 0 Å².